The van der Waals surface area contributed by atoms with E-state index in [2.05, 4.69) is 4.98 Å². The maximum absolute atomic E-state index is 12.0. The quantitative estimate of drug-likeness (QED) is 0.619. The van der Waals surface area contributed by atoms with Crippen molar-refractivity contribution >= 4 is 21.9 Å². The minimum absolute atomic E-state index is 0.140. The minimum atomic E-state index is -4.06. The van der Waals surface area contributed by atoms with E-state index in [4.69, 9.17) is 4.74 Å². The van der Waals surface area contributed by atoms with Gasteiger partial charge >= 0.3 is 5.97 Å². The highest BCUT2D eigenvalue weighted by Gasteiger charge is 2.21. The summed E-state index contributed by atoms with van der Waals surface area (Å²) in [6.07, 6.45) is 6.03. The molecule has 0 atom stereocenters. The summed E-state index contributed by atoms with van der Waals surface area (Å²) in [5, 5.41) is -0.339. The summed E-state index contributed by atoms with van der Waals surface area (Å²) >= 11 is 0. The van der Waals surface area contributed by atoms with Crippen LogP contribution in [0.1, 0.15) is 30.1 Å². The molecule has 1 aromatic heterocycles. The highest BCUT2D eigenvalue weighted by Crippen LogP contribution is 2.29. The van der Waals surface area contributed by atoms with Crippen LogP contribution < -0.4 is 4.72 Å². The number of allylic oxidation sites excluding steroid dienone is 1. The predicted molar refractivity (Wildman–Crippen MR) is 77.4 cm³/mol. The Balaban J connectivity index is 2.05. The number of esters is 1. The standard InChI is InChI=1S/C14H16N2O5S/c1-2-21-14(18)11-6-8-13(15-9-11)22(19,20)16-12(17)7-5-10-3-4-10/h5-10H,2-4H2,1H3,(H,16,17)/b7-5+. The largest absolute Gasteiger partial charge is 0.462 e. The van der Waals surface area contributed by atoms with E-state index in [1.165, 1.54) is 12.1 Å². The molecule has 7 nitrogen and oxygen atoms in total. The number of carbonyl (C=O) groups is 2. The van der Waals surface area contributed by atoms with Crippen molar-refractivity contribution in [3.8, 4) is 0 Å². The van der Waals surface area contributed by atoms with E-state index < -0.39 is 21.9 Å². The van der Waals surface area contributed by atoms with Crippen molar-refractivity contribution < 1.29 is 22.7 Å². The van der Waals surface area contributed by atoms with Crippen LogP contribution in [0.5, 0.6) is 0 Å². The molecule has 1 aromatic rings. The molecule has 8 heteroatoms. The topological polar surface area (TPSA) is 102 Å². The molecule has 1 N–H and O–H groups in total. The summed E-state index contributed by atoms with van der Waals surface area (Å²) in [6, 6.07) is 2.43. The predicted octanol–water partition coefficient (Wildman–Crippen LogP) is 1.03. The molecule has 0 spiro atoms. The molecule has 0 unspecified atom stereocenters. The minimum Gasteiger partial charge on any atom is -0.462 e. The number of nitrogens with zero attached hydrogens (tertiary/aromatic N) is 1. The van der Waals surface area contributed by atoms with Crippen molar-refractivity contribution in [3.63, 3.8) is 0 Å². The summed E-state index contributed by atoms with van der Waals surface area (Å²) in [5.41, 5.74) is 0.140. The van der Waals surface area contributed by atoms with Crippen LogP contribution in [0.3, 0.4) is 0 Å². The van der Waals surface area contributed by atoms with Gasteiger partial charge in [-0.1, -0.05) is 6.08 Å². The number of ether oxygens (including phenoxy) is 1. The second-order valence-corrected chi connectivity index (χ2v) is 6.40. The summed E-state index contributed by atoms with van der Waals surface area (Å²) in [5.74, 6) is -0.936. The molecule has 0 aromatic carbocycles. The molecule has 1 aliphatic carbocycles. The third-order valence-electron chi connectivity index (χ3n) is 2.90. The Kier molecular flexibility index (Phi) is 4.92. The maximum Gasteiger partial charge on any atom is 0.339 e. The lowest BCUT2D eigenvalue weighted by Gasteiger charge is -2.05. The Labute approximate surface area is 128 Å². The number of nitrogens with one attached hydrogen (secondary N) is 1. The van der Waals surface area contributed by atoms with Gasteiger partial charge in [0.1, 0.15) is 0 Å². The first-order chi connectivity index (χ1) is 10.4. The Morgan fingerprint density at radius 1 is 1.41 bits per heavy atom. The molecule has 1 aliphatic rings. The first kappa shape index (κ1) is 16.2. The summed E-state index contributed by atoms with van der Waals surface area (Å²) in [6.45, 7) is 1.87. The zero-order valence-electron chi connectivity index (χ0n) is 12.0. The molecular formula is C14H16N2O5S. The van der Waals surface area contributed by atoms with Gasteiger partial charge in [0.2, 0.25) is 0 Å². The average Bonchev–Trinajstić information content (AvgIpc) is 3.29. The first-order valence-corrected chi connectivity index (χ1v) is 8.29. The number of sulfonamides is 1. The number of hydrogen-bond donors (Lipinski definition) is 1. The van der Waals surface area contributed by atoms with Crippen molar-refractivity contribution in [2.45, 2.75) is 24.8 Å². The fourth-order valence-electron chi connectivity index (χ4n) is 1.61. The number of aromatic nitrogens is 1. The zero-order valence-corrected chi connectivity index (χ0v) is 12.8. The van der Waals surface area contributed by atoms with Crippen molar-refractivity contribution in [1.82, 2.24) is 9.71 Å². The zero-order chi connectivity index (χ0) is 16.2. The fraction of sp³-hybridized carbons (Fsp3) is 0.357. The molecular weight excluding hydrogens is 308 g/mol. The summed E-state index contributed by atoms with van der Waals surface area (Å²) in [7, 11) is -4.06. The monoisotopic (exact) mass is 324 g/mol. The third-order valence-corrected chi connectivity index (χ3v) is 4.16. The van der Waals surface area contributed by atoms with Crippen molar-refractivity contribution in [3.05, 3.63) is 36.0 Å². The molecule has 2 rings (SSSR count). The van der Waals surface area contributed by atoms with Crippen LogP contribution in [-0.2, 0) is 19.6 Å². The van der Waals surface area contributed by atoms with Crippen LogP contribution in [0.2, 0.25) is 0 Å². The lowest BCUT2D eigenvalue weighted by atomic mass is 10.3. The van der Waals surface area contributed by atoms with E-state index in [0.29, 0.717) is 5.92 Å². The van der Waals surface area contributed by atoms with Crippen molar-refractivity contribution in [2.24, 2.45) is 5.92 Å². The molecule has 1 saturated carbocycles. The van der Waals surface area contributed by atoms with Gasteiger partial charge in [0, 0.05) is 12.3 Å². The molecule has 1 heterocycles. The SMILES string of the molecule is CCOC(=O)c1ccc(S(=O)(=O)NC(=O)/C=C/C2CC2)nc1. The summed E-state index contributed by atoms with van der Waals surface area (Å²) < 4.78 is 30.6. The second-order valence-electron chi connectivity index (χ2n) is 4.77. The van der Waals surface area contributed by atoms with Crippen LogP contribution in [0.25, 0.3) is 0 Å². The van der Waals surface area contributed by atoms with Crippen LogP contribution in [0.4, 0.5) is 0 Å². The van der Waals surface area contributed by atoms with Gasteiger partial charge in [-0.3, -0.25) is 4.79 Å². The van der Waals surface area contributed by atoms with E-state index in [1.54, 1.807) is 13.0 Å². The van der Waals surface area contributed by atoms with Gasteiger partial charge in [-0.05, 0) is 37.8 Å². The Bertz CT molecular complexity index is 690. The van der Waals surface area contributed by atoms with Gasteiger partial charge in [-0.15, -0.1) is 0 Å². The van der Waals surface area contributed by atoms with Crippen LogP contribution >= 0.6 is 0 Å². The van der Waals surface area contributed by atoms with Gasteiger partial charge in [0.05, 0.1) is 12.2 Å². The van der Waals surface area contributed by atoms with E-state index in [-0.39, 0.29) is 17.2 Å². The molecule has 118 valence electrons. The number of rotatable bonds is 6. The molecule has 0 bridgehead atoms. The van der Waals surface area contributed by atoms with Gasteiger partial charge < -0.3 is 4.74 Å². The Hall–Kier alpha value is -2.22. The smallest absolute Gasteiger partial charge is 0.339 e. The second kappa shape index (κ2) is 6.69. The number of carbonyl (C=O) groups excluding carboxylic acids is 2. The lowest BCUT2D eigenvalue weighted by molar-refractivity contribution is -0.114. The van der Waals surface area contributed by atoms with Crippen molar-refractivity contribution in [1.29, 1.82) is 0 Å². The van der Waals surface area contributed by atoms with E-state index >= 15 is 0 Å². The highest BCUT2D eigenvalue weighted by molar-refractivity contribution is 7.90. The number of hydrogen-bond acceptors (Lipinski definition) is 6. The van der Waals surface area contributed by atoms with Gasteiger partial charge in [0.15, 0.2) is 5.03 Å². The maximum atomic E-state index is 12.0. The molecule has 0 aliphatic heterocycles. The van der Waals surface area contributed by atoms with E-state index in [1.807, 2.05) is 4.72 Å². The Morgan fingerprint density at radius 2 is 2.14 bits per heavy atom. The number of amides is 1. The van der Waals surface area contributed by atoms with Crippen LogP contribution in [0, 0.1) is 5.92 Å². The Morgan fingerprint density at radius 3 is 2.68 bits per heavy atom. The molecule has 1 amide bonds. The molecule has 0 saturated heterocycles. The molecule has 1 fully saturated rings. The van der Waals surface area contributed by atoms with E-state index in [0.717, 1.165) is 25.1 Å². The van der Waals surface area contributed by atoms with Crippen LogP contribution in [0.15, 0.2) is 35.5 Å². The van der Waals surface area contributed by atoms with Gasteiger partial charge in [-0.2, -0.15) is 8.42 Å². The third kappa shape index (κ3) is 4.39. The fourth-order valence-corrected chi connectivity index (χ4v) is 2.48. The summed E-state index contributed by atoms with van der Waals surface area (Å²) in [4.78, 5) is 26.7. The normalized spacial score (nSPS) is 14.8. The number of pyridine rings is 1. The highest BCUT2D eigenvalue weighted by atomic mass is 32.2. The van der Waals surface area contributed by atoms with Gasteiger partial charge in [0.25, 0.3) is 15.9 Å². The average molecular weight is 324 g/mol. The lowest BCUT2D eigenvalue weighted by Crippen LogP contribution is -2.29. The van der Waals surface area contributed by atoms with E-state index in [9.17, 15) is 18.0 Å². The molecule has 22 heavy (non-hydrogen) atoms. The van der Waals surface area contributed by atoms with Crippen LogP contribution in [-0.4, -0.2) is 31.9 Å². The molecule has 0 radical (unpaired) electrons. The van der Waals surface area contributed by atoms with Gasteiger partial charge in [-0.25, -0.2) is 14.5 Å². The van der Waals surface area contributed by atoms with Crippen molar-refractivity contribution in [2.75, 3.05) is 6.61 Å². The first-order valence-electron chi connectivity index (χ1n) is 6.80.